The molecule has 1 aromatic rings. The molecule has 0 aliphatic carbocycles. The first-order valence-corrected chi connectivity index (χ1v) is 8.99. The van der Waals surface area contributed by atoms with Crippen LogP contribution in [0.5, 0.6) is 5.75 Å². The lowest BCUT2D eigenvalue weighted by Crippen LogP contribution is -2.52. The minimum Gasteiger partial charge on any atom is -0.441 e. The monoisotopic (exact) mass is 434 g/mol. The van der Waals surface area contributed by atoms with E-state index in [4.69, 9.17) is 9.29 Å². The summed E-state index contributed by atoms with van der Waals surface area (Å²) in [6.45, 7) is 3.31. The molecular formula is C15H15F5O7S. The minimum absolute atomic E-state index is 0.0718. The number of hydrogen-bond donors (Lipinski definition) is 1. The van der Waals surface area contributed by atoms with E-state index in [0.29, 0.717) is 6.42 Å². The summed E-state index contributed by atoms with van der Waals surface area (Å²) in [6, 6.07) is 3.64. The number of hydrogen-bond acceptors (Lipinski definition) is 6. The van der Waals surface area contributed by atoms with E-state index in [0.717, 1.165) is 24.3 Å². The van der Waals surface area contributed by atoms with Gasteiger partial charge in [-0.2, -0.15) is 30.4 Å². The van der Waals surface area contributed by atoms with Gasteiger partial charge in [0.25, 0.3) is 6.10 Å². The lowest BCUT2D eigenvalue weighted by atomic mass is 10.1. The molecule has 1 N–H and O–H groups in total. The van der Waals surface area contributed by atoms with Gasteiger partial charge in [0.1, 0.15) is 5.75 Å². The standard InChI is InChI=1S/C15H15F5O7S/c1-3-8(2)11(21)26-10-6-4-9(5-7-10)12(22)27-13(14(16,17)18)15(19,20)28(23,24)25/h4-8,13H,3H2,1-2H3,(H,23,24,25). The molecule has 1 rings (SSSR count). The number of rotatable bonds is 7. The van der Waals surface area contributed by atoms with Crippen LogP contribution in [-0.2, 0) is 19.6 Å². The highest BCUT2D eigenvalue weighted by Crippen LogP contribution is 2.38. The van der Waals surface area contributed by atoms with Crippen molar-refractivity contribution in [1.29, 1.82) is 0 Å². The van der Waals surface area contributed by atoms with Gasteiger partial charge in [0.15, 0.2) is 0 Å². The van der Waals surface area contributed by atoms with Crippen molar-refractivity contribution in [3.8, 4) is 5.75 Å². The number of benzene rings is 1. The average molecular weight is 434 g/mol. The molecule has 28 heavy (non-hydrogen) atoms. The quantitative estimate of drug-likeness (QED) is 0.304. The summed E-state index contributed by atoms with van der Waals surface area (Å²) in [4.78, 5) is 23.3. The van der Waals surface area contributed by atoms with Crippen molar-refractivity contribution in [1.82, 2.24) is 0 Å². The van der Waals surface area contributed by atoms with Crippen LogP contribution in [0.3, 0.4) is 0 Å². The first-order valence-electron chi connectivity index (χ1n) is 7.55. The summed E-state index contributed by atoms with van der Waals surface area (Å²) in [6.07, 6.45) is -9.96. The lowest BCUT2D eigenvalue weighted by molar-refractivity contribution is -0.248. The van der Waals surface area contributed by atoms with Gasteiger partial charge in [0.2, 0.25) is 0 Å². The zero-order chi connectivity index (χ0) is 21.9. The van der Waals surface area contributed by atoms with Crippen LogP contribution in [0.25, 0.3) is 0 Å². The molecule has 13 heteroatoms. The number of halogens is 5. The first kappa shape index (κ1) is 23.8. The van der Waals surface area contributed by atoms with Gasteiger partial charge in [0.05, 0.1) is 11.5 Å². The summed E-state index contributed by atoms with van der Waals surface area (Å²) in [5, 5.41) is -5.83. The van der Waals surface area contributed by atoms with Gasteiger partial charge >= 0.3 is 33.5 Å². The predicted octanol–water partition coefficient (Wildman–Crippen LogP) is 3.21. The highest BCUT2D eigenvalue weighted by Gasteiger charge is 2.66. The van der Waals surface area contributed by atoms with Crippen LogP contribution < -0.4 is 4.74 Å². The van der Waals surface area contributed by atoms with E-state index in [1.54, 1.807) is 13.8 Å². The SMILES string of the molecule is CCC(C)C(=O)Oc1ccc(C(=O)OC(C(F)(F)F)C(F)(F)S(=O)(=O)O)cc1. The minimum atomic E-state index is -6.53. The van der Waals surface area contributed by atoms with Crippen molar-refractivity contribution in [2.45, 2.75) is 37.8 Å². The molecule has 7 nitrogen and oxygen atoms in total. The molecule has 0 amide bonds. The molecule has 0 fully saturated rings. The second-order valence-corrected chi connectivity index (χ2v) is 7.11. The summed E-state index contributed by atoms with van der Waals surface area (Å²) in [5.41, 5.74) is -0.663. The Morgan fingerprint density at radius 1 is 1.11 bits per heavy atom. The van der Waals surface area contributed by atoms with Gasteiger partial charge in [0, 0.05) is 0 Å². The molecule has 0 radical (unpaired) electrons. The Bertz CT molecular complexity index is 818. The number of carbonyl (C=O) groups excluding carboxylic acids is 2. The van der Waals surface area contributed by atoms with Crippen molar-refractivity contribution in [3.05, 3.63) is 29.8 Å². The molecule has 158 valence electrons. The fourth-order valence-corrected chi connectivity index (χ4v) is 2.13. The predicted molar refractivity (Wildman–Crippen MR) is 83.3 cm³/mol. The van der Waals surface area contributed by atoms with Gasteiger partial charge in [-0.15, -0.1) is 0 Å². The molecule has 0 aliphatic heterocycles. The fourth-order valence-electron chi connectivity index (χ4n) is 1.68. The van der Waals surface area contributed by atoms with E-state index in [-0.39, 0.29) is 5.75 Å². The van der Waals surface area contributed by atoms with Crippen LogP contribution in [0.15, 0.2) is 24.3 Å². The summed E-state index contributed by atoms with van der Waals surface area (Å²) in [5.74, 6) is -3.06. The normalized spacial score (nSPS) is 14.9. The van der Waals surface area contributed by atoms with Gasteiger partial charge in [-0.25, -0.2) is 4.79 Å². The maximum absolute atomic E-state index is 13.4. The number of esters is 2. The molecule has 1 aromatic carbocycles. The molecule has 0 aliphatic rings. The van der Waals surface area contributed by atoms with E-state index in [9.17, 15) is 40.0 Å². The van der Waals surface area contributed by atoms with Crippen LogP contribution in [0.2, 0.25) is 0 Å². The largest absolute Gasteiger partial charge is 0.441 e. The maximum Gasteiger partial charge on any atom is 0.432 e. The number of carbonyl (C=O) groups is 2. The van der Waals surface area contributed by atoms with Crippen molar-refractivity contribution < 1.29 is 54.0 Å². The summed E-state index contributed by atoms with van der Waals surface area (Å²) < 4.78 is 103. The molecule has 0 saturated heterocycles. The Kier molecular flexibility index (Phi) is 7.12. The zero-order valence-electron chi connectivity index (χ0n) is 14.4. The summed E-state index contributed by atoms with van der Waals surface area (Å²) >= 11 is 0. The third-order valence-corrected chi connectivity index (χ3v) is 4.40. The van der Waals surface area contributed by atoms with E-state index in [2.05, 4.69) is 4.74 Å². The Morgan fingerprint density at radius 2 is 1.61 bits per heavy atom. The molecule has 0 aromatic heterocycles. The van der Waals surface area contributed by atoms with E-state index < -0.39 is 51.1 Å². The topological polar surface area (TPSA) is 107 Å². The van der Waals surface area contributed by atoms with Crippen LogP contribution in [0, 0.1) is 5.92 Å². The van der Waals surface area contributed by atoms with Crippen molar-refractivity contribution in [2.75, 3.05) is 0 Å². The van der Waals surface area contributed by atoms with Crippen LogP contribution in [0.4, 0.5) is 22.0 Å². The van der Waals surface area contributed by atoms with Crippen molar-refractivity contribution >= 4 is 22.1 Å². The maximum atomic E-state index is 13.4. The van der Waals surface area contributed by atoms with E-state index >= 15 is 0 Å². The molecule has 0 spiro atoms. The van der Waals surface area contributed by atoms with Crippen molar-refractivity contribution in [3.63, 3.8) is 0 Å². The average Bonchev–Trinajstić information content (AvgIpc) is 2.57. The van der Waals surface area contributed by atoms with Crippen LogP contribution in [-0.4, -0.2) is 42.4 Å². The third-order valence-electron chi connectivity index (χ3n) is 3.49. The van der Waals surface area contributed by atoms with Gasteiger partial charge in [-0.05, 0) is 30.7 Å². The van der Waals surface area contributed by atoms with Gasteiger partial charge in [-0.3, -0.25) is 9.35 Å². The fraction of sp³-hybridized carbons (Fsp3) is 0.467. The lowest BCUT2D eigenvalue weighted by Gasteiger charge is -2.26. The van der Waals surface area contributed by atoms with Gasteiger partial charge in [-0.1, -0.05) is 13.8 Å². The Hall–Kier alpha value is -2.28. The highest BCUT2D eigenvalue weighted by molar-refractivity contribution is 7.86. The summed E-state index contributed by atoms with van der Waals surface area (Å²) in [7, 11) is -6.53. The smallest absolute Gasteiger partial charge is 0.432 e. The van der Waals surface area contributed by atoms with E-state index in [1.165, 1.54) is 0 Å². The number of alkyl halides is 5. The Morgan fingerprint density at radius 3 is 2.00 bits per heavy atom. The number of ether oxygens (including phenoxy) is 2. The molecule has 2 atom stereocenters. The zero-order valence-corrected chi connectivity index (χ0v) is 15.2. The second kappa shape index (κ2) is 8.39. The van der Waals surface area contributed by atoms with Gasteiger partial charge < -0.3 is 9.47 Å². The van der Waals surface area contributed by atoms with Crippen LogP contribution in [0.1, 0.15) is 30.6 Å². The Labute approximate surface area is 156 Å². The molecule has 0 saturated carbocycles. The molecule has 0 bridgehead atoms. The highest BCUT2D eigenvalue weighted by atomic mass is 32.2. The third kappa shape index (κ3) is 5.61. The van der Waals surface area contributed by atoms with Crippen molar-refractivity contribution in [2.24, 2.45) is 5.92 Å². The first-order chi connectivity index (χ1) is 12.6. The second-order valence-electron chi connectivity index (χ2n) is 5.62. The van der Waals surface area contributed by atoms with Crippen LogP contribution >= 0.6 is 0 Å². The molecular weight excluding hydrogens is 419 g/mol. The Balaban J connectivity index is 3.03. The molecule has 2 unspecified atom stereocenters. The van der Waals surface area contributed by atoms with E-state index in [1.807, 2.05) is 0 Å². The molecule has 0 heterocycles.